The minimum atomic E-state index is -0.341. The number of rotatable bonds is 4. The zero-order valence-corrected chi connectivity index (χ0v) is 11.7. The van der Waals surface area contributed by atoms with Gasteiger partial charge in [-0.05, 0) is 25.1 Å². The SMILES string of the molecule is CCOC(=O)CSc1nc2ccc(Cl)cc2c(=O)[nH]1. The molecule has 7 heteroatoms. The third kappa shape index (κ3) is 3.48. The summed E-state index contributed by atoms with van der Waals surface area (Å²) in [5.41, 5.74) is 0.262. The van der Waals surface area contributed by atoms with E-state index in [2.05, 4.69) is 9.97 Å². The zero-order valence-electron chi connectivity index (χ0n) is 10.1. The van der Waals surface area contributed by atoms with Crippen molar-refractivity contribution in [1.82, 2.24) is 9.97 Å². The number of hydrogen-bond acceptors (Lipinski definition) is 5. The van der Waals surface area contributed by atoms with Gasteiger partial charge in [0.25, 0.3) is 5.56 Å². The first-order chi connectivity index (χ1) is 9.10. The molecule has 0 saturated carbocycles. The van der Waals surface area contributed by atoms with E-state index in [1.165, 1.54) is 0 Å². The maximum atomic E-state index is 11.8. The van der Waals surface area contributed by atoms with Crippen molar-refractivity contribution in [1.29, 1.82) is 0 Å². The molecule has 0 unspecified atom stereocenters. The van der Waals surface area contributed by atoms with E-state index in [4.69, 9.17) is 16.3 Å². The van der Waals surface area contributed by atoms with Crippen LogP contribution in [0.2, 0.25) is 5.02 Å². The molecule has 1 aromatic carbocycles. The molecule has 19 heavy (non-hydrogen) atoms. The minimum absolute atomic E-state index is 0.107. The molecule has 0 fully saturated rings. The second kappa shape index (κ2) is 6.08. The average molecular weight is 299 g/mol. The van der Waals surface area contributed by atoms with Crippen LogP contribution in [0.4, 0.5) is 0 Å². The summed E-state index contributed by atoms with van der Waals surface area (Å²) >= 11 is 6.95. The van der Waals surface area contributed by atoms with Crippen LogP contribution < -0.4 is 5.56 Å². The third-order valence-corrected chi connectivity index (χ3v) is 3.36. The number of thioether (sulfide) groups is 1. The number of benzene rings is 1. The van der Waals surface area contributed by atoms with E-state index in [1.807, 2.05) is 0 Å². The molecule has 0 aliphatic rings. The van der Waals surface area contributed by atoms with Crippen molar-refractivity contribution < 1.29 is 9.53 Å². The fourth-order valence-corrected chi connectivity index (χ4v) is 2.33. The number of H-pyrrole nitrogens is 1. The monoisotopic (exact) mass is 298 g/mol. The molecule has 0 aliphatic heterocycles. The summed E-state index contributed by atoms with van der Waals surface area (Å²) in [6.07, 6.45) is 0. The largest absolute Gasteiger partial charge is 0.465 e. The molecule has 0 saturated heterocycles. The van der Waals surface area contributed by atoms with E-state index in [1.54, 1.807) is 25.1 Å². The van der Waals surface area contributed by atoms with Crippen LogP contribution in [0.3, 0.4) is 0 Å². The predicted octanol–water partition coefficient (Wildman–Crippen LogP) is 2.23. The molecule has 1 heterocycles. The number of aromatic amines is 1. The second-order valence-corrected chi connectivity index (χ2v) is 5.03. The van der Waals surface area contributed by atoms with Gasteiger partial charge in [-0.3, -0.25) is 9.59 Å². The van der Waals surface area contributed by atoms with Crippen LogP contribution in [0.25, 0.3) is 10.9 Å². The first-order valence-electron chi connectivity index (χ1n) is 5.58. The van der Waals surface area contributed by atoms with E-state index in [9.17, 15) is 9.59 Å². The van der Waals surface area contributed by atoms with Crippen molar-refractivity contribution in [2.75, 3.05) is 12.4 Å². The fourth-order valence-electron chi connectivity index (χ4n) is 1.49. The van der Waals surface area contributed by atoms with Crippen molar-refractivity contribution in [2.24, 2.45) is 0 Å². The quantitative estimate of drug-likeness (QED) is 0.532. The highest BCUT2D eigenvalue weighted by atomic mass is 35.5. The number of hydrogen-bond donors (Lipinski definition) is 1. The average Bonchev–Trinajstić information content (AvgIpc) is 2.38. The Hall–Kier alpha value is -1.53. The molecule has 0 bridgehead atoms. The van der Waals surface area contributed by atoms with Gasteiger partial charge in [0.1, 0.15) is 0 Å². The van der Waals surface area contributed by atoms with E-state index < -0.39 is 0 Å². The van der Waals surface area contributed by atoms with E-state index in [0.717, 1.165) is 11.8 Å². The standard InChI is InChI=1S/C12H11ClN2O3S/c1-2-18-10(16)6-19-12-14-9-4-3-7(13)5-8(9)11(17)15-12/h3-5H,2,6H2,1H3,(H,14,15,17). The molecule has 5 nitrogen and oxygen atoms in total. The first-order valence-corrected chi connectivity index (χ1v) is 6.94. The van der Waals surface area contributed by atoms with Gasteiger partial charge in [0, 0.05) is 5.02 Å². The molecular formula is C12H11ClN2O3S. The van der Waals surface area contributed by atoms with Crippen LogP contribution >= 0.6 is 23.4 Å². The Morgan fingerprint density at radius 2 is 2.32 bits per heavy atom. The van der Waals surface area contributed by atoms with Crippen LogP contribution in [0.5, 0.6) is 0 Å². The molecular weight excluding hydrogens is 288 g/mol. The summed E-state index contributed by atoms with van der Waals surface area (Å²) < 4.78 is 4.80. The summed E-state index contributed by atoms with van der Waals surface area (Å²) in [5.74, 6) is -0.234. The van der Waals surface area contributed by atoms with Crippen LogP contribution in [0.15, 0.2) is 28.2 Å². The van der Waals surface area contributed by atoms with Gasteiger partial charge in [-0.15, -0.1) is 0 Å². The lowest BCUT2D eigenvalue weighted by atomic mass is 10.2. The molecule has 0 aliphatic carbocycles. The van der Waals surface area contributed by atoms with Crippen molar-refractivity contribution in [3.05, 3.63) is 33.6 Å². The topological polar surface area (TPSA) is 72.0 Å². The molecule has 100 valence electrons. The molecule has 2 aromatic rings. The number of fused-ring (bicyclic) bond motifs is 1. The van der Waals surface area contributed by atoms with Gasteiger partial charge >= 0.3 is 5.97 Å². The van der Waals surface area contributed by atoms with E-state index in [-0.39, 0.29) is 17.3 Å². The van der Waals surface area contributed by atoms with E-state index >= 15 is 0 Å². The maximum absolute atomic E-state index is 11.8. The number of carbonyl (C=O) groups is 1. The highest BCUT2D eigenvalue weighted by molar-refractivity contribution is 7.99. The summed E-state index contributed by atoms with van der Waals surface area (Å²) in [6.45, 7) is 2.07. The van der Waals surface area contributed by atoms with Gasteiger partial charge in [0.2, 0.25) is 0 Å². The molecule has 0 radical (unpaired) electrons. The Bertz CT molecular complexity index is 672. The lowest BCUT2D eigenvalue weighted by Crippen LogP contribution is -2.11. The summed E-state index contributed by atoms with van der Waals surface area (Å²) in [4.78, 5) is 29.9. The number of halogens is 1. The van der Waals surface area contributed by atoms with Crippen molar-refractivity contribution in [2.45, 2.75) is 12.1 Å². The van der Waals surface area contributed by atoms with E-state index in [0.29, 0.717) is 27.7 Å². The van der Waals surface area contributed by atoms with Crippen LogP contribution in [-0.2, 0) is 9.53 Å². The molecule has 2 rings (SSSR count). The number of ether oxygens (including phenoxy) is 1. The van der Waals surface area contributed by atoms with Crippen molar-refractivity contribution in [3.8, 4) is 0 Å². The normalized spacial score (nSPS) is 10.6. The third-order valence-electron chi connectivity index (χ3n) is 2.28. The summed E-state index contributed by atoms with van der Waals surface area (Å²) in [6, 6.07) is 4.89. The Kier molecular flexibility index (Phi) is 4.44. The van der Waals surface area contributed by atoms with Gasteiger partial charge in [0.15, 0.2) is 5.16 Å². The lowest BCUT2D eigenvalue weighted by molar-refractivity contribution is -0.139. The smallest absolute Gasteiger partial charge is 0.316 e. The van der Waals surface area contributed by atoms with Crippen molar-refractivity contribution in [3.63, 3.8) is 0 Å². The van der Waals surface area contributed by atoms with Crippen LogP contribution in [-0.4, -0.2) is 28.3 Å². The highest BCUT2D eigenvalue weighted by Gasteiger charge is 2.08. The van der Waals surface area contributed by atoms with Gasteiger partial charge in [0.05, 0.1) is 23.3 Å². The first kappa shape index (κ1) is 13.9. The lowest BCUT2D eigenvalue weighted by Gasteiger charge is -2.03. The Labute approximate surface area is 118 Å². The highest BCUT2D eigenvalue weighted by Crippen LogP contribution is 2.18. The Morgan fingerprint density at radius 3 is 3.05 bits per heavy atom. The second-order valence-electron chi connectivity index (χ2n) is 3.63. The molecule has 0 spiro atoms. The molecule has 0 atom stereocenters. The number of esters is 1. The summed E-state index contributed by atoms with van der Waals surface area (Å²) in [5, 5.41) is 1.28. The van der Waals surface area contributed by atoms with Gasteiger partial charge in [-0.1, -0.05) is 23.4 Å². The number of aromatic nitrogens is 2. The van der Waals surface area contributed by atoms with Crippen LogP contribution in [0.1, 0.15) is 6.92 Å². The molecule has 1 N–H and O–H groups in total. The number of carbonyl (C=O) groups excluding carboxylic acids is 1. The Balaban J connectivity index is 2.24. The zero-order chi connectivity index (χ0) is 13.8. The van der Waals surface area contributed by atoms with Crippen molar-refractivity contribution >= 4 is 40.2 Å². The number of nitrogens with zero attached hydrogens (tertiary/aromatic N) is 1. The van der Waals surface area contributed by atoms with Gasteiger partial charge < -0.3 is 9.72 Å². The van der Waals surface area contributed by atoms with Gasteiger partial charge in [-0.25, -0.2) is 4.98 Å². The number of nitrogens with one attached hydrogen (secondary N) is 1. The molecule has 1 aromatic heterocycles. The fraction of sp³-hybridized carbons (Fsp3) is 0.250. The maximum Gasteiger partial charge on any atom is 0.316 e. The molecule has 0 amide bonds. The minimum Gasteiger partial charge on any atom is -0.465 e. The predicted molar refractivity (Wildman–Crippen MR) is 74.7 cm³/mol. The Morgan fingerprint density at radius 1 is 1.53 bits per heavy atom. The summed E-state index contributed by atoms with van der Waals surface area (Å²) in [7, 11) is 0. The van der Waals surface area contributed by atoms with Crippen LogP contribution in [0, 0.1) is 0 Å². The van der Waals surface area contributed by atoms with Gasteiger partial charge in [-0.2, -0.15) is 0 Å².